The molecule has 3 aromatic rings. The Balaban J connectivity index is 1.50. The van der Waals surface area contributed by atoms with Gasteiger partial charge in [-0.25, -0.2) is 14.4 Å². The van der Waals surface area contributed by atoms with Crippen LogP contribution in [-0.2, 0) is 0 Å². The minimum absolute atomic E-state index is 0.0751. The van der Waals surface area contributed by atoms with Crippen molar-refractivity contribution < 1.29 is 9.18 Å². The van der Waals surface area contributed by atoms with E-state index in [1.54, 1.807) is 23.2 Å². The van der Waals surface area contributed by atoms with Crippen LogP contribution in [0.4, 0.5) is 4.39 Å². The summed E-state index contributed by atoms with van der Waals surface area (Å²) in [6.07, 6.45) is 6.33. The monoisotopic (exact) mass is 352 g/mol. The first-order valence-electron chi connectivity index (χ1n) is 8.44. The van der Waals surface area contributed by atoms with Gasteiger partial charge >= 0.3 is 0 Å². The number of amides is 1. The third-order valence-corrected chi connectivity index (χ3v) is 4.48. The highest BCUT2D eigenvalue weighted by Crippen LogP contribution is 2.26. The maximum absolute atomic E-state index is 13.1. The first-order chi connectivity index (χ1) is 12.7. The molecule has 0 radical (unpaired) electrons. The molecular weight excluding hydrogens is 335 g/mol. The van der Waals surface area contributed by atoms with Gasteiger partial charge in [-0.05, 0) is 37.1 Å². The van der Waals surface area contributed by atoms with Crippen LogP contribution in [0, 0.1) is 5.82 Å². The van der Waals surface area contributed by atoms with Crippen molar-refractivity contribution in [2.24, 2.45) is 0 Å². The number of hydrogen-bond donors (Lipinski definition) is 1. The van der Waals surface area contributed by atoms with Crippen LogP contribution in [0.25, 0.3) is 11.4 Å². The highest BCUT2D eigenvalue weighted by atomic mass is 19.1. The topological polar surface area (TPSA) is 87.7 Å². The van der Waals surface area contributed by atoms with Crippen molar-refractivity contribution in [3.8, 4) is 11.4 Å². The number of nitrogens with zero attached hydrogens (tertiary/aromatic N) is 5. The molecule has 3 heterocycles. The number of piperidine rings is 1. The van der Waals surface area contributed by atoms with Crippen LogP contribution in [-0.4, -0.2) is 49.0 Å². The second kappa shape index (κ2) is 6.99. The van der Waals surface area contributed by atoms with Gasteiger partial charge in [0.25, 0.3) is 5.91 Å². The lowest BCUT2D eigenvalue weighted by molar-refractivity contribution is 0.0698. The Labute approximate surface area is 149 Å². The summed E-state index contributed by atoms with van der Waals surface area (Å²) in [5, 5.41) is 7.20. The summed E-state index contributed by atoms with van der Waals surface area (Å²) in [6, 6.07) is 6.06. The molecule has 7 nitrogen and oxygen atoms in total. The molecule has 132 valence electrons. The molecule has 1 aliphatic heterocycles. The van der Waals surface area contributed by atoms with E-state index in [1.807, 2.05) is 0 Å². The van der Waals surface area contributed by atoms with Gasteiger partial charge in [0.1, 0.15) is 17.3 Å². The molecule has 0 aliphatic carbocycles. The van der Waals surface area contributed by atoms with Crippen LogP contribution in [0.1, 0.15) is 35.1 Å². The minimum Gasteiger partial charge on any atom is -0.337 e. The van der Waals surface area contributed by atoms with E-state index in [9.17, 15) is 9.18 Å². The van der Waals surface area contributed by atoms with Gasteiger partial charge in [-0.1, -0.05) is 0 Å². The number of nitrogens with one attached hydrogen (secondary N) is 1. The van der Waals surface area contributed by atoms with Crippen LogP contribution >= 0.6 is 0 Å². The van der Waals surface area contributed by atoms with Crippen LogP contribution in [0.3, 0.4) is 0 Å². The second-order valence-corrected chi connectivity index (χ2v) is 6.23. The molecule has 0 spiro atoms. The molecule has 1 atom stereocenters. The second-order valence-electron chi connectivity index (χ2n) is 6.23. The summed E-state index contributed by atoms with van der Waals surface area (Å²) < 4.78 is 13.1. The largest absolute Gasteiger partial charge is 0.337 e. The predicted octanol–water partition coefficient (Wildman–Crippen LogP) is 2.42. The van der Waals surface area contributed by atoms with Crippen LogP contribution in [0.2, 0.25) is 0 Å². The fourth-order valence-corrected chi connectivity index (χ4v) is 3.14. The molecule has 1 aromatic carbocycles. The first-order valence-corrected chi connectivity index (χ1v) is 8.44. The van der Waals surface area contributed by atoms with E-state index in [1.165, 1.54) is 24.5 Å². The molecule has 2 aromatic heterocycles. The summed E-state index contributed by atoms with van der Waals surface area (Å²) >= 11 is 0. The molecule has 8 heteroatoms. The van der Waals surface area contributed by atoms with Crippen LogP contribution in [0.5, 0.6) is 0 Å². The summed E-state index contributed by atoms with van der Waals surface area (Å²) in [4.78, 5) is 26.9. The Bertz CT molecular complexity index is 896. The third-order valence-electron chi connectivity index (χ3n) is 4.48. The third kappa shape index (κ3) is 3.30. The lowest BCUT2D eigenvalue weighted by atomic mass is 9.97. The van der Waals surface area contributed by atoms with Crippen molar-refractivity contribution in [3.05, 3.63) is 60.2 Å². The van der Waals surface area contributed by atoms with E-state index in [-0.39, 0.29) is 17.6 Å². The number of aromatic nitrogens is 5. The quantitative estimate of drug-likeness (QED) is 0.782. The number of H-pyrrole nitrogens is 1. The number of carbonyl (C=O) groups is 1. The standard InChI is InChI=1S/C18H17FN6O/c19-14-5-3-12(4-6-14)16-22-17(24-23-16)13-2-1-9-25(11-13)18(26)15-10-20-7-8-21-15/h3-8,10,13H,1-2,9,11H2,(H,22,23,24)/t13-/m0/s1. The first kappa shape index (κ1) is 16.3. The Morgan fingerprint density at radius 1 is 1.23 bits per heavy atom. The number of likely N-dealkylation sites (tertiary alicyclic amines) is 1. The average Bonchev–Trinajstić information content (AvgIpc) is 3.19. The highest BCUT2D eigenvalue weighted by Gasteiger charge is 2.28. The average molecular weight is 352 g/mol. The molecule has 1 N–H and O–H groups in total. The van der Waals surface area contributed by atoms with Gasteiger partial charge in [-0.3, -0.25) is 14.9 Å². The maximum atomic E-state index is 13.1. The number of aromatic amines is 1. The normalized spacial score (nSPS) is 17.3. The SMILES string of the molecule is O=C(c1cnccn1)N1CCC[C@H](c2nc(-c3ccc(F)cc3)n[nH]2)C1. The van der Waals surface area contributed by atoms with E-state index in [4.69, 9.17) is 0 Å². The van der Waals surface area contributed by atoms with Gasteiger partial charge in [-0.2, -0.15) is 5.10 Å². The van der Waals surface area contributed by atoms with E-state index < -0.39 is 0 Å². The molecule has 4 rings (SSSR count). The summed E-state index contributed by atoms with van der Waals surface area (Å²) in [5.74, 6) is 0.917. The molecule has 0 unspecified atom stereocenters. The fraction of sp³-hybridized carbons (Fsp3) is 0.278. The highest BCUT2D eigenvalue weighted by molar-refractivity contribution is 5.92. The smallest absolute Gasteiger partial charge is 0.274 e. The summed E-state index contributed by atoms with van der Waals surface area (Å²) in [5.41, 5.74) is 1.09. The molecule has 1 saturated heterocycles. The molecule has 1 aliphatic rings. The van der Waals surface area contributed by atoms with E-state index >= 15 is 0 Å². The molecular formula is C18H17FN6O. The van der Waals surface area contributed by atoms with Gasteiger partial charge in [0, 0.05) is 37.0 Å². The van der Waals surface area contributed by atoms with Gasteiger partial charge in [0.05, 0.1) is 6.20 Å². The lowest BCUT2D eigenvalue weighted by Crippen LogP contribution is -2.39. The van der Waals surface area contributed by atoms with E-state index in [0.29, 0.717) is 24.6 Å². The summed E-state index contributed by atoms with van der Waals surface area (Å²) in [7, 11) is 0. The predicted molar refractivity (Wildman–Crippen MR) is 91.7 cm³/mol. The number of benzene rings is 1. The van der Waals surface area contributed by atoms with Gasteiger partial charge < -0.3 is 4.90 Å². The van der Waals surface area contributed by atoms with E-state index in [0.717, 1.165) is 24.2 Å². The Hall–Kier alpha value is -3.16. The lowest BCUT2D eigenvalue weighted by Gasteiger charge is -2.31. The Morgan fingerprint density at radius 3 is 2.85 bits per heavy atom. The van der Waals surface area contributed by atoms with E-state index in [2.05, 4.69) is 25.1 Å². The van der Waals surface area contributed by atoms with Gasteiger partial charge in [0.15, 0.2) is 5.82 Å². The summed E-state index contributed by atoms with van der Waals surface area (Å²) in [6.45, 7) is 1.23. The van der Waals surface area contributed by atoms with Crippen molar-refractivity contribution in [3.63, 3.8) is 0 Å². The molecule has 0 bridgehead atoms. The zero-order valence-corrected chi connectivity index (χ0v) is 14.0. The number of hydrogen-bond acceptors (Lipinski definition) is 5. The number of carbonyl (C=O) groups excluding carboxylic acids is 1. The molecule has 0 saturated carbocycles. The van der Waals surface area contributed by atoms with Crippen molar-refractivity contribution in [2.45, 2.75) is 18.8 Å². The number of rotatable bonds is 3. The van der Waals surface area contributed by atoms with Gasteiger partial charge in [-0.15, -0.1) is 0 Å². The molecule has 1 fully saturated rings. The van der Waals surface area contributed by atoms with Crippen molar-refractivity contribution in [1.82, 2.24) is 30.0 Å². The van der Waals surface area contributed by atoms with Gasteiger partial charge in [0.2, 0.25) is 0 Å². The molecule has 26 heavy (non-hydrogen) atoms. The minimum atomic E-state index is -0.296. The molecule has 1 amide bonds. The maximum Gasteiger partial charge on any atom is 0.274 e. The van der Waals surface area contributed by atoms with Crippen molar-refractivity contribution in [1.29, 1.82) is 0 Å². The van der Waals surface area contributed by atoms with Crippen LogP contribution in [0.15, 0.2) is 42.9 Å². The van der Waals surface area contributed by atoms with Crippen molar-refractivity contribution >= 4 is 5.91 Å². The zero-order chi connectivity index (χ0) is 17.9. The number of halogens is 1. The zero-order valence-electron chi connectivity index (χ0n) is 14.0. The van der Waals surface area contributed by atoms with Crippen molar-refractivity contribution in [2.75, 3.05) is 13.1 Å². The fourth-order valence-electron chi connectivity index (χ4n) is 3.14. The Morgan fingerprint density at radius 2 is 2.08 bits per heavy atom. The Kier molecular flexibility index (Phi) is 4.39. The van der Waals surface area contributed by atoms with Crippen LogP contribution < -0.4 is 0 Å².